The second kappa shape index (κ2) is 5.27. The average molecular weight is 263 g/mol. The van der Waals surface area contributed by atoms with E-state index in [9.17, 15) is 9.59 Å². The van der Waals surface area contributed by atoms with Crippen LogP contribution in [-0.2, 0) is 4.79 Å². The maximum absolute atomic E-state index is 11.9. The van der Waals surface area contributed by atoms with Crippen LogP contribution in [0.1, 0.15) is 16.8 Å². The minimum Gasteiger partial charge on any atom is -0.478 e. The summed E-state index contributed by atoms with van der Waals surface area (Å²) >= 11 is 1.44. The molecule has 18 heavy (non-hydrogen) atoms. The monoisotopic (exact) mass is 263 g/mol. The van der Waals surface area contributed by atoms with Crippen molar-refractivity contribution >= 4 is 29.3 Å². The zero-order chi connectivity index (χ0) is 13.1. The highest BCUT2D eigenvalue weighted by Crippen LogP contribution is 2.36. The van der Waals surface area contributed by atoms with Crippen molar-refractivity contribution in [2.24, 2.45) is 0 Å². The summed E-state index contributed by atoms with van der Waals surface area (Å²) in [6.07, 6.45) is 2.43. The van der Waals surface area contributed by atoms with Crippen LogP contribution in [-0.4, -0.2) is 29.3 Å². The van der Waals surface area contributed by atoms with Gasteiger partial charge in [-0.3, -0.25) is 4.79 Å². The van der Waals surface area contributed by atoms with Crippen LogP contribution < -0.4 is 4.90 Å². The van der Waals surface area contributed by atoms with Crippen molar-refractivity contribution in [3.8, 4) is 0 Å². The summed E-state index contributed by atoms with van der Waals surface area (Å²) in [6.45, 7) is 4.18. The molecular formula is C13H13NO3S. The second-order valence-corrected chi connectivity index (χ2v) is 4.92. The first-order valence-corrected chi connectivity index (χ1v) is 6.53. The number of thioether (sulfide) groups is 1. The summed E-state index contributed by atoms with van der Waals surface area (Å²) in [6, 6.07) is 4.89. The fourth-order valence-electron chi connectivity index (χ4n) is 1.80. The zero-order valence-electron chi connectivity index (χ0n) is 9.76. The Labute approximate surface area is 109 Å². The Balaban J connectivity index is 2.39. The number of aromatic carboxylic acids is 1. The Kier molecular flexibility index (Phi) is 3.72. The van der Waals surface area contributed by atoms with E-state index in [2.05, 4.69) is 6.58 Å². The molecule has 0 fully saturated rings. The number of carbonyl (C=O) groups excluding carboxylic acids is 1. The lowest BCUT2D eigenvalue weighted by molar-refractivity contribution is -0.116. The van der Waals surface area contributed by atoms with Crippen molar-refractivity contribution in [3.63, 3.8) is 0 Å². The molecule has 0 atom stereocenters. The number of benzene rings is 1. The van der Waals surface area contributed by atoms with E-state index in [0.29, 0.717) is 24.4 Å². The minimum atomic E-state index is -0.982. The van der Waals surface area contributed by atoms with Crippen LogP contribution in [0.5, 0.6) is 0 Å². The molecule has 1 aliphatic rings. The Morgan fingerprint density at radius 3 is 3.00 bits per heavy atom. The summed E-state index contributed by atoms with van der Waals surface area (Å²) in [4.78, 5) is 25.4. The lowest BCUT2D eigenvalue weighted by Gasteiger charge is -2.28. The molecule has 4 nitrogen and oxygen atoms in total. The molecule has 0 radical (unpaired) electrons. The summed E-state index contributed by atoms with van der Waals surface area (Å²) < 4.78 is 0. The fraction of sp³-hybridized carbons (Fsp3) is 0.231. The van der Waals surface area contributed by atoms with Gasteiger partial charge in [-0.15, -0.1) is 18.3 Å². The van der Waals surface area contributed by atoms with Gasteiger partial charge in [-0.05, 0) is 24.6 Å². The molecule has 1 N–H and O–H groups in total. The summed E-state index contributed by atoms with van der Waals surface area (Å²) in [7, 11) is 0. The van der Waals surface area contributed by atoms with Crippen molar-refractivity contribution in [3.05, 3.63) is 36.4 Å². The molecule has 1 heterocycles. The molecular weight excluding hydrogens is 250 g/mol. The number of nitrogens with zero attached hydrogens (tertiary/aromatic N) is 1. The molecule has 0 unspecified atom stereocenters. The molecule has 1 amide bonds. The van der Waals surface area contributed by atoms with Gasteiger partial charge >= 0.3 is 5.97 Å². The van der Waals surface area contributed by atoms with E-state index in [1.54, 1.807) is 29.2 Å². The predicted molar refractivity (Wildman–Crippen MR) is 71.3 cm³/mol. The van der Waals surface area contributed by atoms with E-state index in [1.807, 2.05) is 0 Å². The van der Waals surface area contributed by atoms with Gasteiger partial charge < -0.3 is 10.0 Å². The molecule has 1 aromatic rings. The minimum absolute atomic E-state index is 0.0110. The van der Waals surface area contributed by atoms with Gasteiger partial charge in [0.25, 0.3) is 0 Å². The standard InChI is InChI=1S/C13H13NO3S/c1-2-3-6-14-10-7-9(13(16)17)4-5-11(10)18-8-12(14)15/h2,4-5,7H,1,3,6,8H2,(H,16,17). The number of fused-ring (bicyclic) bond motifs is 1. The second-order valence-electron chi connectivity index (χ2n) is 3.90. The predicted octanol–water partition coefficient (Wildman–Crippen LogP) is 2.40. The molecule has 0 saturated heterocycles. The number of hydrogen-bond acceptors (Lipinski definition) is 3. The largest absolute Gasteiger partial charge is 0.478 e. The van der Waals surface area contributed by atoms with E-state index in [-0.39, 0.29) is 11.5 Å². The van der Waals surface area contributed by atoms with Gasteiger partial charge in [0.1, 0.15) is 0 Å². The van der Waals surface area contributed by atoms with Gasteiger partial charge in [-0.25, -0.2) is 4.79 Å². The SMILES string of the molecule is C=CCCN1C(=O)CSc2ccc(C(=O)O)cc21. The third kappa shape index (κ3) is 2.41. The third-order valence-corrected chi connectivity index (χ3v) is 3.75. The number of carboxylic acids is 1. The van der Waals surface area contributed by atoms with Gasteiger partial charge in [0.15, 0.2) is 0 Å². The normalized spacial score (nSPS) is 14.2. The molecule has 94 valence electrons. The van der Waals surface area contributed by atoms with Crippen molar-refractivity contribution < 1.29 is 14.7 Å². The molecule has 1 aromatic carbocycles. The summed E-state index contributed by atoms with van der Waals surface area (Å²) in [5.41, 5.74) is 0.894. The molecule has 0 aromatic heterocycles. The Morgan fingerprint density at radius 1 is 1.56 bits per heavy atom. The number of rotatable bonds is 4. The Hall–Kier alpha value is -1.75. The van der Waals surface area contributed by atoms with Crippen molar-refractivity contribution in [1.82, 2.24) is 0 Å². The molecule has 5 heteroatoms. The van der Waals surface area contributed by atoms with E-state index >= 15 is 0 Å². The highest BCUT2D eigenvalue weighted by atomic mass is 32.2. The zero-order valence-corrected chi connectivity index (χ0v) is 10.6. The third-order valence-electron chi connectivity index (χ3n) is 2.71. The molecule has 0 spiro atoms. The van der Waals surface area contributed by atoms with Crippen molar-refractivity contribution in [2.75, 3.05) is 17.2 Å². The highest BCUT2D eigenvalue weighted by molar-refractivity contribution is 8.00. The maximum Gasteiger partial charge on any atom is 0.335 e. The highest BCUT2D eigenvalue weighted by Gasteiger charge is 2.25. The first kappa shape index (κ1) is 12.7. The molecule has 0 bridgehead atoms. The van der Waals surface area contributed by atoms with E-state index in [1.165, 1.54) is 11.8 Å². The van der Waals surface area contributed by atoms with Gasteiger partial charge in [0, 0.05) is 11.4 Å². The quantitative estimate of drug-likeness (QED) is 0.847. The first-order valence-electron chi connectivity index (χ1n) is 5.55. The summed E-state index contributed by atoms with van der Waals surface area (Å²) in [5, 5.41) is 8.99. The number of carboxylic acid groups (broad SMARTS) is 1. The lowest BCUT2D eigenvalue weighted by atomic mass is 10.1. The number of hydrogen-bond donors (Lipinski definition) is 1. The smallest absolute Gasteiger partial charge is 0.335 e. The van der Waals surface area contributed by atoms with E-state index < -0.39 is 5.97 Å². The van der Waals surface area contributed by atoms with Gasteiger partial charge in [-0.2, -0.15) is 0 Å². The van der Waals surface area contributed by atoms with Crippen LogP contribution in [0.4, 0.5) is 5.69 Å². The lowest BCUT2D eigenvalue weighted by Crippen LogP contribution is -2.36. The van der Waals surface area contributed by atoms with Crippen LogP contribution in [0.15, 0.2) is 35.7 Å². The van der Waals surface area contributed by atoms with Gasteiger partial charge in [0.05, 0.1) is 17.0 Å². The Morgan fingerprint density at radius 2 is 2.33 bits per heavy atom. The van der Waals surface area contributed by atoms with Crippen LogP contribution in [0.2, 0.25) is 0 Å². The number of anilines is 1. The van der Waals surface area contributed by atoms with Gasteiger partial charge in [0.2, 0.25) is 5.91 Å². The molecule has 1 aliphatic heterocycles. The van der Waals surface area contributed by atoms with Crippen LogP contribution in [0.3, 0.4) is 0 Å². The topological polar surface area (TPSA) is 57.6 Å². The summed E-state index contributed by atoms with van der Waals surface area (Å²) in [5.74, 6) is -0.572. The van der Waals surface area contributed by atoms with E-state index in [0.717, 1.165) is 4.90 Å². The van der Waals surface area contributed by atoms with Crippen molar-refractivity contribution in [1.29, 1.82) is 0 Å². The Bertz CT molecular complexity index is 513. The number of carbonyl (C=O) groups is 2. The molecule has 0 aliphatic carbocycles. The average Bonchev–Trinajstić information content (AvgIpc) is 2.37. The van der Waals surface area contributed by atoms with Crippen LogP contribution in [0.25, 0.3) is 0 Å². The molecule has 2 rings (SSSR count). The number of amides is 1. The maximum atomic E-state index is 11.9. The van der Waals surface area contributed by atoms with Crippen molar-refractivity contribution in [2.45, 2.75) is 11.3 Å². The molecule has 0 saturated carbocycles. The fourth-order valence-corrected chi connectivity index (χ4v) is 2.72. The van der Waals surface area contributed by atoms with Crippen LogP contribution >= 0.6 is 11.8 Å². The van der Waals surface area contributed by atoms with E-state index in [4.69, 9.17) is 5.11 Å². The van der Waals surface area contributed by atoms with Crippen LogP contribution in [0, 0.1) is 0 Å². The van der Waals surface area contributed by atoms with Gasteiger partial charge in [-0.1, -0.05) is 6.08 Å². The first-order chi connectivity index (χ1) is 8.63.